The lowest BCUT2D eigenvalue weighted by atomic mass is 9.43. The quantitative estimate of drug-likeness (QED) is 0.372. The van der Waals surface area contributed by atoms with Crippen molar-refractivity contribution in [2.45, 2.75) is 117 Å². The first kappa shape index (κ1) is 27.9. The van der Waals surface area contributed by atoms with Crippen molar-refractivity contribution in [3.8, 4) is 0 Å². The predicted octanol–water partition coefficient (Wildman–Crippen LogP) is 4.92. The van der Waals surface area contributed by atoms with Crippen LogP contribution in [0, 0.1) is 40.4 Å². The van der Waals surface area contributed by atoms with E-state index in [4.69, 9.17) is 14.2 Å². The van der Waals surface area contributed by atoms with E-state index in [0.717, 1.165) is 51.4 Å². The molecule has 0 aliphatic heterocycles. The van der Waals surface area contributed by atoms with Crippen molar-refractivity contribution < 1.29 is 38.5 Å². The van der Waals surface area contributed by atoms with Crippen molar-refractivity contribution in [3.05, 3.63) is 0 Å². The largest absolute Gasteiger partial charge is 0.481 e. The predicted molar refractivity (Wildman–Crippen MR) is 134 cm³/mol. The number of carboxylic acids is 1. The van der Waals surface area contributed by atoms with E-state index in [1.54, 1.807) is 0 Å². The standard InChI is InChI=1S/C29H44O8/c1-16(30)35-21-11-12-28(4)20(13-21)14-24(36-17(2)31)27-22-10-9-19(7-6-8-26(33)34)29(22,5)25(15-23(27)28)37-18(3)32/h19-25,27H,6-15H2,1-5H3,(H,33,34)/t19-,20-,21+,22-,23-,24-,25+,27-,28+,29+/m1/s1. The highest BCUT2D eigenvalue weighted by atomic mass is 16.6. The zero-order valence-corrected chi connectivity index (χ0v) is 23.0. The van der Waals surface area contributed by atoms with E-state index in [2.05, 4.69) is 13.8 Å². The molecule has 10 atom stereocenters. The topological polar surface area (TPSA) is 116 Å². The van der Waals surface area contributed by atoms with Crippen LogP contribution < -0.4 is 0 Å². The number of ether oxygens (including phenoxy) is 3. The van der Waals surface area contributed by atoms with Crippen LogP contribution in [0.2, 0.25) is 0 Å². The van der Waals surface area contributed by atoms with Gasteiger partial charge < -0.3 is 19.3 Å². The van der Waals surface area contributed by atoms with Crippen LogP contribution in [0.25, 0.3) is 0 Å². The summed E-state index contributed by atoms with van der Waals surface area (Å²) in [5.41, 5.74) is -0.318. The van der Waals surface area contributed by atoms with E-state index in [1.807, 2.05) is 0 Å². The zero-order chi connectivity index (χ0) is 27.1. The van der Waals surface area contributed by atoms with Gasteiger partial charge in [-0.15, -0.1) is 0 Å². The van der Waals surface area contributed by atoms with Gasteiger partial charge in [-0.1, -0.05) is 13.8 Å². The van der Waals surface area contributed by atoms with Crippen LogP contribution >= 0.6 is 0 Å². The third kappa shape index (κ3) is 5.26. The molecule has 0 heterocycles. The van der Waals surface area contributed by atoms with E-state index in [1.165, 1.54) is 20.8 Å². The Balaban J connectivity index is 1.68. The van der Waals surface area contributed by atoms with Gasteiger partial charge >= 0.3 is 23.9 Å². The van der Waals surface area contributed by atoms with E-state index in [9.17, 15) is 24.3 Å². The Kier molecular flexibility index (Phi) is 7.97. The molecular weight excluding hydrogens is 476 g/mol. The lowest BCUT2D eigenvalue weighted by Gasteiger charge is -2.64. The Morgan fingerprint density at radius 3 is 2.14 bits per heavy atom. The van der Waals surface area contributed by atoms with Crippen molar-refractivity contribution in [3.63, 3.8) is 0 Å². The molecule has 208 valence electrons. The number of hydrogen-bond donors (Lipinski definition) is 1. The number of carbonyl (C=O) groups is 4. The summed E-state index contributed by atoms with van der Waals surface area (Å²) >= 11 is 0. The fourth-order valence-electron chi connectivity index (χ4n) is 9.25. The van der Waals surface area contributed by atoms with Crippen molar-refractivity contribution in [2.75, 3.05) is 0 Å². The summed E-state index contributed by atoms with van der Waals surface area (Å²) in [6, 6.07) is 0. The Morgan fingerprint density at radius 2 is 1.51 bits per heavy atom. The molecular formula is C29H44O8. The molecule has 0 aromatic heterocycles. The van der Waals surface area contributed by atoms with Gasteiger partial charge in [-0.05, 0) is 86.9 Å². The molecule has 0 aromatic rings. The molecule has 4 rings (SSSR count). The van der Waals surface area contributed by atoms with Gasteiger partial charge in [0, 0.05) is 38.5 Å². The second kappa shape index (κ2) is 10.6. The van der Waals surface area contributed by atoms with Crippen LogP contribution in [-0.2, 0) is 33.4 Å². The number of carbonyl (C=O) groups excluding carboxylic acids is 3. The van der Waals surface area contributed by atoms with Crippen LogP contribution in [-0.4, -0.2) is 47.3 Å². The molecule has 4 fully saturated rings. The average Bonchev–Trinajstić information content (AvgIpc) is 3.11. The Labute approximate surface area is 220 Å². The molecule has 4 aliphatic carbocycles. The molecule has 8 heteroatoms. The first-order chi connectivity index (χ1) is 17.4. The summed E-state index contributed by atoms with van der Waals surface area (Å²) in [5.74, 6) is -0.513. The normalized spacial score (nSPS) is 42.5. The fourth-order valence-corrected chi connectivity index (χ4v) is 9.25. The number of rotatable bonds is 7. The second-order valence-electron chi connectivity index (χ2n) is 12.6. The average molecular weight is 521 g/mol. The number of aliphatic carboxylic acids is 1. The van der Waals surface area contributed by atoms with Gasteiger partial charge in [0.05, 0.1) is 0 Å². The monoisotopic (exact) mass is 520 g/mol. The molecule has 0 bridgehead atoms. The SMILES string of the molecule is CC(=O)O[C@H]1CC[C@@]2(C)[C@H](C1)C[C@@H](OC(C)=O)[C@H]1[C@H]2C[C@H](OC(C)=O)[C@@]2(C)[C@H](CCCC(=O)O)CC[C@H]12. The Bertz CT molecular complexity index is 916. The van der Waals surface area contributed by atoms with Crippen molar-refractivity contribution in [1.82, 2.24) is 0 Å². The van der Waals surface area contributed by atoms with Gasteiger partial charge in [0.15, 0.2) is 0 Å². The minimum Gasteiger partial charge on any atom is -0.481 e. The van der Waals surface area contributed by atoms with Crippen LogP contribution in [0.5, 0.6) is 0 Å². The van der Waals surface area contributed by atoms with E-state index >= 15 is 0 Å². The molecule has 1 N–H and O–H groups in total. The van der Waals surface area contributed by atoms with E-state index < -0.39 is 5.97 Å². The third-order valence-electron chi connectivity index (χ3n) is 10.8. The molecule has 4 aliphatic rings. The summed E-state index contributed by atoms with van der Waals surface area (Å²) in [4.78, 5) is 47.4. The number of fused-ring (bicyclic) bond motifs is 5. The van der Waals surface area contributed by atoms with Crippen LogP contribution in [0.4, 0.5) is 0 Å². The third-order valence-corrected chi connectivity index (χ3v) is 10.8. The summed E-state index contributed by atoms with van der Waals surface area (Å²) in [6.07, 6.45) is 6.82. The van der Waals surface area contributed by atoms with E-state index in [-0.39, 0.29) is 83.1 Å². The molecule has 0 radical (unpaired) electrons. The Morgan fingerprint density at radius 1 is 0.838 bits per heavy atom. The summed E-state index contributed by atoms with van der Waals surface area (Å²) in [7, 11) is 0. The van der Waals surface area contributed by atoms with Crippen LogP contribution in [0.15, 0.2) is 0 Å². The molecule has 4 saturated carbocycles. The maximum absolute atomic E-state index is 12.3. The van der Waals surface area contributed by atoms with Gasteiger partial charge in [-0.25, -0.2) is 0 Å². The lowest BCUT2D eigenvalue weighted by Crippen LogP contribution is -2.63. The first-order valence-corrected chi connectivity index (χ1v) is 14.1. The van der Waals surface area contributed by atoms with Gasteiger partial charge in [0.1, 0.15) is 18.3 Å². The van der Waals surface area contributed by atoms with Crippen LogP contribution in [0.3, 0.4) is 0 Å². The van der Waals surface area contributed by atoms with Gasteiger partial charge in [-0.3, -0.25) is 19.2 Å². The molecule has 8 nitrogen and oxygen atoms in total. The maximum Gasteiger partial charge on any atom is 0.303 e. The van der Waals surface area contributed by atoms with Gasteiger partial charge in [0.2, 0.25) is 0 Å². The van der Waals surface area contributed by atoms with Crippen molar-refractivity contribution in [2.24, 2.45) is 40.4 Å². The maximum atomic E-state index is 12.3. The zero-order valence-electron chi connectivity index (χ0n) is 23.0. The van der Waals surface area contributed by atoms with Crippen molar-refractivity contribution in [1.29, 1.82) is 0 Å². The highest BCUT2D eigenvalue weighted by Gasteiger charge is 2.67. The summed E-state index contributed by atoms with van der Waals surface area (Å²) < 4.78 is 17.8. The number of carboxylic acid groups (broad SMARTS) is 1. The minimum absolute atomic E-state index is 0.0287. The molecule has 0 spiro atoms. The lowest BCUT2D eigenvalue weighted by molar-refractivity contribution is -0.222. The van der Waals surface area contributed by atoms with Gasteiger partial charge in [0.25, 0.3) is 0 Å². The summed E-state index contributed by atoms with van der Waals surface area (Å²) in [5, 5.41) is 9.19. The summed E-state index contributed by atoms with van der Waals surface area (Å²) in [6.45, 7) is 8.96. The molecule has 0 unspecified atom stereocenters. The number of hydrogen-bond acceptors (Lipinski definition) is 7. The minimum atomic E-state index is -0.787. The smallest absolute Gasteiger partial charge is 0.303 e. The molecule has 0 aromatic carbocycles. The second-order valence-corrected chi connectivity index (χ2v) is 12.6. The fraction of sp³-hybridized carbons (Fsp3) is 0.862. The van der Waals surface area contributed by atoms with Crippen molar-refractivity contribution >= 4 is 23.9 Å². The molecule has 0 amide bonds. The van der Waals surface area contributed by atoms with Crippen LogP contribution in [0.1, 0.15) is 98.8 Å². The highest BCUT2D eigenvalue weighted by molar-refractivity contribution is 5.67. The van der Waals surface area contributed by atoms with Gasteiger partial charge in [-0.2, -0.15) is 0 Å². The Hall–Kier alpha value is -2.12. The first-order valence-electron chi connectivity index (χ1n) is 14.1. The van der Waals surface area contributed by atoms with E-state index in [0.29, 0.717) is 6.42 Å². The molecule has 0 saturated heterocycles. The number of esters is 3. The molecule has 37 heavy (non-hydrogen) atoms. The highest BCUT2D eigenvalue weighted by Crippen LogP contribution is 2.69.